The van der Waals surface area contributed by atoms with Gasteiger partial charge in [0.05, 0.1) is 16.1 Å². The van der Waals surface area contributed by atoms with Gasteiger partial charge in [0.25, 0.3) is 0 Å². The molecule has 0 aliphatic carbocycles. The normalized spacial score (nSPS) is 11.6. The lowest BCUT2D eigenvalue weighted by molar-refractivity contribution is 0.0478. The van der Waals surface area contributed by atoms with Crippen molar-refractivity contribution in [1.29, 1.82) is 0 Å². The Morgan fingerprint density at radius 2 is 2.09 bits per heavy atom. The van der Waals surface area contributed by atoms with Crippen LogP contribution in [0.25, 0.3) is 0 Å². The number of nitrogens with zero attached hydrogens (tertiary/aromatic N) is 2. The number of aromatic nitrogens is 1. The monoisotopic (exact) mass is 340 g/mol. The lowest BCUT2D eigenvalue weighted by Crippen LogP contribution is -2.22. The van der Waals surface area contributed by atoms with E-state index in [1.165, 1.54) is 43.8 Å². The highest BCUT2D eigenvalue weighted by Crippen LogP contribution is 2.17. The fourth-order valence-electron chi connectivity index (χ4n) is 1.68. The molecular formula is C14H16N2O4S2. The first-order valence-electron chi connectivity index (χ1n) is 6.42. The van der Waals surface area contributed by atoms with Crippen molar-refractivity contribution in [1.82, 2.24) is 9.29 Å². The van der Waals surface area contributed by atoms with Crippen molar-refractivity contribution in [2.45, 2.75) is 18.4 Å². The van der Waals surface area contributed by atoms with Crippen molar-refractivity contribution < 1.29 is 17.9 Å². The van der Waals surface area contributed by atoms with Gasteiger partial charge >= 0.3 is 5.97 Å². The molecule has 0 bridgehead atoms. The lowest BCUT2D eigenvalue weighted by Gasteiger charge is -2.12. The maximum absolute atomic E-state index is 12.1. The number of hydrogen-bond acceptors (Lipinski definition) is 6. The van der Waals surface area contributed by atoms with E-state index in [4.69, 9.17) is 4.74 Å². The third-order valence-electron chi connectivity index (χ3n) is 2.87. The Morgan fingerprint density at radius 3 is 2.68 bits per heavy atom. The van der Waals surface area contributed by atoms with Crippen LogP contribution in [0.5, 0.6) is 0 Å². The summed E-state index contributed by atoms with van der Waals surface area (Å²) in [5.41, 5.74) is 0.609. The quantitative estimate of drug-likeness (QED) is 0.779. The molecule has 22 heavy (non-hydrogen) atoms. The summed E-state index contributed by atoms with van der Waals surface area (Å²) in [6.45, 7) is 1.81. The minimum atomic E-state index is -3.50. The summed E-state index contributed by atoms with van der Waals surface area (Å²) >= 11 is 1.25. The van der Waals surface area contributed by atoms with Crippen molar-refractivity contribution in [3.63, 3.8) is 0 Å². The molecule has 0 spiro atoms. The topological polar surface area (TPSA) is 76.6 Å². The molecule has 0 unspecified atom stereocenters. The molecule has 0 aliphatic heterocycles. The Labute approximate surface area is 133 Å². The fourth-order valence-corrected chi connectivity index (χ4v) is 3.33. The van der Waals surface area contributed by atoms with E-state index in [2.05, 4.69) is 4.98 Å². The third-order valence-corrected chi connectivity index (χ3v) is 5.57. The summed E-state index contributed by atoms with van der Waals surface area (Å²) in [7, 11) is -0.569. The van der Waals surface area contributed by atoms with Crippen LogP contribution in [-0.4, -0.2) is 37.8 Å². The van der Waals surface area contributed by atoms with Gasteiger partial charge in [-0.05, 0) is 24.6 Å². The summed E-state index contributed by atoms with van der Waals surface area (Å²) in [4.78, 5) is 16.4. The molecule has 0 radical (unpaired) electrons. The summed E-state index contributed by atoms with van der Waals surface area (Å²) in [6, 6.07) is 6.34. The Kier molecular flexibility index (Phi) is 4.94. The van der Waals surface area contributed by atoms with Crippen LogP contribution in [0.1, 0.15) is 20.2 Å². The minimum Gasteiger partial charge on any atom is -0.457 e. The molecule has 0 saturated carbocycles. The van der Waals surface area contributed by atoms with E-state index in [0.29, 0.717) is 10.4 Å². The van der Waals surface area contributed by atoms with Gasteiger partial charge in [0, 0.05) is 14.1 Å². The molecule has 0 atom stereocenters. The summed E-state index contributed by atoms with van der Waals surface area (Å²) in [6.07, 6.45) is 1.47. The second-order valence-electron chi connectivity index (χ2n) is 4.75. The summed E-state index contributed by atoms with van der Waals surface area (Å²) in [5, 5.41) is 0.783. The predicted molar refractivity (Wildman–Crippen MR) is 83.3 cm³/mol. The van der Waals surface area contributed by atoms with Gasteiger partial charge in [-0.15, -0.1) is 11.3 Å². The SMILES string of the molecule is Cc1ncc(C(=O)OCc2cccc(S(=O)(=O)N(C)C)c2)s1. The minimum absolute atomic E-state index is 0.00652. The lowest BCUT2D eigenvalue weighted by atomic mass is 10.2. The average Bonchev–Trinajstić information content (AvgIpc) is 2.91. The van der Waals surface area contributed by atoms with Crippen molar-refractivity contribution in [2.24, 2.45) is 0 Å². The molecule has 0 fully saturated rings. The maximum atomic E-state index is 12.1. The van der Waals surface area contributed by atoms with Gasteiger partial charge in [-0.25, -0.2) is 22.5 Å². The van der Waals surface area contributed by atoms with E-state index >= 15 is 0 Å². The first-order valence-corrected chi connectivity index (χ1v) is 8.67. The van der Waals surface area contributed by atoms with E-state index in [1.54, 1.807) is 19.1 Å². The largest absolute Gasteiger partial charge is 0.457 e. The maximum Gasteiger partial charge on any atom is 0.350 e. The molecule has 0 N–H and O–H groups in total. The molecule has 1 aromatic carbocycles. The molecule has 2 rings (SSSR count). The smallest absolute Gasteiger partial charge is 0.350 e. The van der Waals surface area contributed by atoms with E-state index in [-0.39, 0.29) is 11.5 Å². The third kappa shape index (κ3) is 3.70. The van der Waals surface area contributed by atoms with Gasteiger partial charge < -0.3 is 4.74 Å². The van der Waals surface area contributed by atoms with Crippen LogP contribution in [0.3, 0.4) is 0 Å². The molecule has 118 valence electrons. The van der Waals surface area contributed by atoms with Crippen LogP contribution in [0.2, 0.25) is 0 Å². The van der Waals surface area contributed by atoms with E-state index in [0.717, 1.165) is 9.31 Å². The molecule has 0 amide bonds. The molecule has 0 saturated heterocycles. The van der Waals surface area contributed by atoms with Crippen molar-refractivity contribution in [3.05, 3.63) is 45.9 Å². The van der Waals surface area contributed by atoms with Gasteiger partial charge in [0.2, 0.25) is 10.0 Å². The number of carbonyl (C=O) groups is 1. The number of ether oxygens (including phenoxy) is 1. The van der Waals surface area contributed by atoms with Gasteiger partial charge in [-0.3, -0.25) is 0 Å². The predicted octanol–water partition coefficient (Wildman–Crippen LogP) is 2.06. The average molecular weight is 340 g/mol. The van der Waals surface area contributed by atoms with Crippen LogP contribution in [-0.2, 0) is 21.4 Å². The Balaban J connectivity index is 2.10. The number of aryl methyl sites for hydroxylation is 1. The van der Waals surface area contributed by atoms with E-state index < -0.39 is 16.0 Å². The molecule has 6 nitrogen and oxygen atoms in total. The molecule has 2 aromatic rings. The van der Waals surface area contributed by atoms with Crippen molar-refractivity contribution in [2.75, 3.05) is 14.1 Å². The van der Waals surface area contributed by atoms with Crippen LogP contribution in [0.4, 0.5) is 0 Å². The molecule has 8 heteroatoms. The zero-order chi connectivity index (χ0) is 16.3. The number of esters is 1. The second kappa shape index (κ2) is 6.55. The van der Waals surface area contributed by atoms with Gasteiger partial charge in [-0.1, -0.05) is 12.1 Å². The molecular weight excluding hydrogens is 324 g/mol. The molecule has 0 aliphatic rings. The van der Waals surface area contributed by atoms with Crippen molar-refractivity contribution in [3.8, 4) is 0 Å². The van der Waals surface area contributed by atoms with Crippen LogP contribution < -0.4 is 0 Å². The first kappa shape index (κ1) is 16.6. The fraction of sp³-hybridized carbons (Fsp3) is 0.286. The summed E-state index contributed by atoms with van der Waals surface area (Å²) in [5.74, 6) is -0.466. The van der Waals surface area contributed by atoms with Crippen LogP contribution >= 0.6 is 11.3 Å². The standard InChI is InChI=1S/C14H16N2O4S2/c1-10-15-8-13(21-10)14(17)20-9-11-5-4-6-12(7-11)22(18,19)16(2)3/h4-8H,9H2,1-3H3. The summed E-state index contributed by atoms with van der Waals surface area (Å²) < 4.78 is 30.4. The van der Waals surface area contributed by atoms with Gasteiger partial charge in [0.15, 0.2) is 0 Å². The number of hydrogen-bond donors (Lipinski definition) is 0. The number of sulfonamides is 1. The van der Waals surface area contributed by atoms with Gasteiger partial charge in [-0.2, -0.15) is 0 Å². The Morgan fingerprint density at radius 1 is 1.36 bits per heavy atom. The van der Waals surface area contributed by atoms with E-state index in [9.17, 15) is 13.2 Å². The number of carbonyl (C=O) groups excluding carboxylic acids is 1. The molecule has 1 aromatic heterocycles. The van der Waals surface area contributed by atoms with Crippen molar-refractivity contribution >= 4 is 27.3 Å². The second-order valence-corrected chi connectivity index (χ2v) is 8.14. The zero-order valence-corrected chi connectivity index (χ0v) is 14.1. The highest BCUT2D eigenvalue weighted by molar-refractivity contribution is 7.89. The number of benzene rings is 1. The van der Waals surface area contributed by atoms with Crippen LogP contribution in [0, 0.1) is 6.92 Å². The number of thiazole rings is 1. The first-order chi connectivity index (χ1) is 10.3. The highest BCUT2D eigenvalue weighted by atomic mass is 32.2. The van der Waals surface area contributed by atoms with E-state index in [1.807, 2.05) is 0 Å². The number of rotatable bonds is 5. The highest BCUT2D eigenvalue weighted by Gasteiger charge is 2.17. The zero-order valence-electron chi connectivity index (χ0n) is 12.4. The Bertz CT molecular complexity index is 782. The van der Waals surface area contributed by atoms with Gasteiger partial charge in [0.1, 0.15) is 11.5 Å². The Hall–Kier alpha value is -1.77. The van der Waals surface area contributed by atoms with Crippen LogP contribution in [0.15, 0.2) is 35.4 Å². The molecule has 1 heterocycles.